The standard InChI is InChI=1S/C20H15N2O2S2/c1-25-17-6-12-20(13-7-17)26(18-8-2-15(14-21)3-9-18)19-10-4-16(5-11-19)22(23)24/h2-13H,1H3/q+1. The highest BCUT2D eigenvalue weighted by Crippen LogP contribution is 2.33. The van der Waals surface area contributed by atoms with Crippen molar-refractivity contribution in [1.29, 1.82) is 5.26 Å². The largest absolute Gasteiger partial charge is 0.269 e. The van der Waals surface area contributed by atoms with E-state index in [1.54, 1.807) is 23.9 Å². The molecule has 6 heteroatoms. The molecule has 0 spiro atoms. The molecule has 0 aliphatic carbocycles. The first-order valence-electron chi connectivity index (χ1n) is 7.75. The number of benzene rings is 3. The maximum atomic E-state index is 10.9. The van der Waals surface area contributed by atoms with E-state index in [0.29, 0.717) is 5.56 Å². The summed E-state index contributed by atoms with van der Waals surface area (Å²) < 4.78 is 0. The average Bonchev–Trinajstić information content (AvgIpc) is 2.69. The molecule has 128 valence electrons. The van der Waals surface area contributed by atoms with Gasteiger partial charge in [-0.25, -0.2) is 0 Å². The van der Waals surface area contributed by atoms with Gasteiger partial charge < -0.3 is 0 Å². The van der Waals surface area contributed by atoms with E-state index in [4.69, 9.17) is 5.26 Å². The van der Waals surface area contributed by atoms with Gasteiger partial charge in [-0.05, 0) is 54.8 Å². The van der Waals surface area contributed by atoms with Crippen LogP contribution in [-0.2, 0) is 10.9 Å². The Morgan fingerprint density at radius 2 is 1.35 bits per heavy atom. The molecule has 0 aromatic heterocycles. The SMILES string of the molecule is CSc1ccc([S+](c2ccc(C#N)cc2)c2ccc([N+](=O)[O-])cc2)cc1. The Hall–Kier alpha value is -2.75. The third kappa shape index (κ3) is 3.90. The van der Waals surface area contributed by atoms with Gasteiger partial charge in [0.05, 0.1) is 27.5 Å². The average molecular weight is 379 g/mol. The van der Waals surface area contributed by atoms with Gasteiger partial charge in [0.2, 0.25) is 0 Å². The third-order valence-electron chi connectivity index (χ3n) is 3.80. The van der Waals surface area contributed by atoms with Crippen LogP contribution in [0, 0.1) is 21.4 Å². The van der Waals surface area contributed by atoms with E-state index in [-0.39, 0.29) is 5.69 Å². The first kappa shape index (κ1) is 18.1. The van der Waals surface area contributed by atoms with Crippen LogP contribution in [0.3, 0.4) is 0 Å². The molecule has 3 rings (SSSR count). The van der Waals surface area contributed by atoms with Crippen LogP contribution in [0.1, 0.15) is 5.56 Å². The molecule has 1 atom stereocenters. The van der Waals surface area contributed by atoms with Crippen LogP contribution in [0.2, 0.25) is 0 Å². The smallest absolute Gasteiger partial charge is 0.258 e. The van der Waals surface area contributed by atoms with Gasteiger partial charge in [-0.2, -0.15) is 5.26 Å². The summed E-state index contributed by atoms with van der Waals surface area (Å²) in [6.45, 7) is 0. The van der Waals surface area contributed by atoms with Crippen molar-refractivity contribution in [2.45, 2.75) is 19.6 Å². The summed E-state index contributed by atoms with van der Waals surface area (Å²) in [5.74, 6) is 0. The highest BCUT2D eigenvalue weighted by molar-refractivity contribution is 7.98. The molecule has 26 heavy (non-hydrogen) atoms. The monoisotopic (exact) mass is 379 g/mol. The Morgan fingerprint density at radius 1 is 0.885 bits per heavy atom. The molecule has 0 bridgehead atoms. The summed E-state index contributed by atoms with van der Waals surface area (Å²) in [6.07, 6.45) is 2.03. The number of nitriles is 1. The highest BCUT2D eigenvalue weighted by Gasteiger charge is 2.29. The topological polar surface area (TPSA) is 66.9 Å². The fourth-order valence-electron chi connectivity index (χ4n) is 2.49. The second kappa shape index (κ2) is 8.09. The number of thioether (sulfide) groups is 1. The quantitative estimate of drug-likeness (QED) is 0.262. The molecule has 3 aromatic rings. The van der Waals surface area contributed by atoms with E-state index < -0.39 is 15.8 Å². The van der Waals surface area contributed by atoms with Gasteiger partial charge in [-0.15, -0.1) is 11.8 Å². The molecule has 0 radical (unpaired) electrons. The minimum Gasteiger partial charge on any atom is -0.258 e. The molecule has 0 saturated carbocycles. The Kier molecular flexibility index (Phi) is 5.61. The normalized spacial score (nSPS) is 11.5. The van der Waals surface area contributed by atoms with Crippen molar-refractivity contribution in [2.24, 2.45) is 0 Å². The Labute approximate surface area is 159 Å². The minimum absolute atomic E-state index is 0.0786. The van der Waals surface area contributed by atoms with Gasteiger partial charge in [0, 0.05) is 29.2 Å². The zero-order valence-electron chi connectivity index (χ0n) is 14.0. The molecule has 4 nitrogen and oxygen atoms in total. The van der Waals surface area contributed by atoms with E-state index in [2.05, 4.69) is 30.3 Å². The van der Waals surface area contributed by atoms with Gasteiger partial charge in [0.15, 0.2) is 14.7 Å². The van der Waals surface area contributed by atoms with Crippen LogP contribution < -0.4 is 0 Å². The molecule has 3 aromatic carbocycles. The summed E-state index contributed by atoms with van der Waals surface area (Å²) in [5.41, 5.74) is 0.689. The van der Waals surface area contributed by atoms with E-state index in [1.165, 1.54) is 17.0 Å². The van der Waals surface area contributed by atoms with Crippen molar-refractivity contribution >= 4 is 28.3 Å². The fraction of sp³-hybridized carbons (Fsp3) is 0.0500. The molecule has 0 amide bonds. The molecule has 0 heterocycles. The van der Waals surface area contributed by atoms with Crippen molar-refractivity contribution in [3.63, 3.8) is 0 Å². The number of hydrogen-bond donors (Lipinski definition) is 0. The van der Waals surface area contributed by atoms with Gasteiger partial charge >= 0.3 is 0 Å². The summed E-state index contributed by atoms with van der Waals surface area (Å²) in [5, 5.41) is 20.0. The van der Waals surface area contributed by atoms with Crippen molar-refractivity contribution in [1.82, 2.24) is 0 Å². The van der Waals surface area contributed by atoms with E-state index in [9.17, 15) is 10.1 Å². The Bertz CT molecular complexity index is 947. The lowest BCUT2D eigenvalue weighted by atomic mass is 10.2. The predicted molar refractivity (Wildman–Crippen MR) is 105 cm³/mol. The number of nitro benzene ring substituents is 1. The number of nitrogens with zero attached hydrogens (tertiary/aromatic N) is 2. The Balaban J connectivity index is 2.07. The summed E-state index contributed by atoms with van der Waals surface area (Å²) in [7, 11) is -0.398. The molecule has 0 N–H and O–H groups in total. The molecule has 1 unspecified atom stereocenters. The zero-order chi connectivity index (χ0) is 18.5. The second-order valence-electron chi connectivity index (χ2n) is 5.37. The van der Waals surface area contributed by atoms with Gasteiger partial charge in [0.25, 0.3) is 5.69 Å². The fourth-order valence-corrected chi connectivity index (χ4v) is 4.94. The van der Waals surface area contributed by atoms with Crippen molar-refractivity contribution in [2.75, 3.05) is 6.26 Å². The molecule has 0 aliphatic heterocycles. The predicted octanol–water partition coefficient (Wildman–Crippen LogP) is 5.28. The van der Waals surface area contributed by atoms with E-state index in [0.717, 1.165) is 14.7 Å². The first-order valence-corrected chi connectivity index (χ1v) is 10.2. The summed E-state index contributed by atoms with van der Waals surface area (Å²) >= 11 is 1.68. The Morgan fingerprint density at radius 3 is 1.77 bits per heavy atom. The lowest BCUT2D eigenvalue weighted by molar-refractivity contribution is -0.384. The van der Waals surface area contributed by atoms with E-state index in [1.807, 2.05) is 30.5 Å². The number of hydrogen-bond acceptors (Lipinski definition) is 4. The molecular formula is C20H15N2O2S2+. The maximum absolute atomic E-state index is 10.9. The van der Waals surface area contributed by atoms with Gasteiger partial charge in [-0.3, -0.25) is 10.1 Å². The maximum Gasteiger partial charge on any atom is 0.269 e. The number of rotatable bonds is 5. The van der Waals surface area contributed by atoms with Gasteiger partial charge in [-0.1, -0.05) is 0 Å². The van der Waals surface area contributed by atoms with Gasteiger partial charge in [0.1, 0.15) is 0 Å². The molecular weight excluding hydrogens is 364 g/mol. The summed E-state index contributed by atoms with van der Waals surface area (Å²) in [6, 6.07) is 24.7. The third-order valence-corrected chi connectivity index (χ3v) is 6.77. The lowest BCUT2D eigenvalue weighted by Crippen LogP contribution is -2.05. The first-order chi connectivity index (χ1) is 12.6. The number of non-ortho nitro benzene ring substituents is 1. The van der Waals surface area contributed by atoms with Crippen LogP contribution in [0.15, 0.2) is 92.4 Å². The van der Waals surface area contributed by atoms with Crippen LogP contribution >= 0.6 is 11.8 Å². The summed E-state index contributed by atoms with van der Waals surface area (Å²) in [4.78, 5) is 14.9. The molecule has 0 aliphatic rings. The lowest BCUT2D eigenvalue weighted by Gasteiger charge is -2.08. The zero-order valence-corrected chi connectivity index (χ0v) is 15.6. The van der Waals surface area contributed by atoms with Crippen LogP contribution in [0.5, 0.6) is 0 Å². The number of nitro groups is 1. The minimum atomic E-state index is -0.398. The van der Waals surface area contributed by atoms with Crippen molar-refractivity contribution < 1.29 is 4.92 Å². The van der Waals surface area contributed by atoms with Crippen molar-refractivity contribution in [3.05, 3.63) is 88.5 Å². The second-order valence-corrected chi connectivity index (χ2v) is 8.28. The van der Waals surface area contributed by atoms with Crippen LogP contribution in [-0.4, -0.2) is 11.2 Å². The van der Waals surface area contributed by atoms with E-state index >= 15 is 0 Å². The highest BCUT2D eigenvalue weighted by atomic mass is 32.2. The van der Waals surface area contributed by atoms with Crippen molar-refractivity contribution in [3.8, 4) is 6.07 Å². The molecule has 0 fully saturated rings. The van der Waals surface area contributed by atoms with Crippen LogP contribution in [0.4, 0.5) is 5.69 Å². The van der Waals surface area contributed by atoms with Crippen LogP contribution in [0.25, 0.3) is 0 Å². The molecule has 0 saturated heterocycles.